The fraction of sp³-hybridized carbons (Fsp3) is 0.364. The average Bonchev–Trinajstić information content (AvgIpc) is 2.29. The van der Waals surface area contributed by atoms with Gasteiger partial charge in [0, 0.05) is 6.54 Å². The van der Waals surface area contributed by atoms with Crippen LogP contribution in [-0.2, 0) is 0 Å². The monoisotopic (exact) mass is 219 g/mol. The lowest BCUT2D eigenvalue weighted by Crippen LogP contribution is -2.60. The van der Waals surface area contributed by atoms with E-state index in [1.54, 1.807) is 0 Å². The minimum atomic E-state index is -0.285. The van der Waals surface area contributed by atoms with Crippen LogP contribution in [0, 0.1) is 0 Å². The lowest BCUT2D eigenvalue weighted by molar-refractivity contribution is 0.124. The third-order valence-corrected chi connectivity index (χ3v) is 2.69. The van der Waals surface area contributed by atoms with E-state index < -0.39 is 0 Å². The predicted octanol–water partition coefficient (Wildman–Crippen LogP) is 0.167. The molecule has 0 spiro atoms. The summed E-state index contributed by atoms with van der Waals surface area (Å²) in [5.74, 6) is 0.394. The van der Waals surface area contributed by atoms with Gasteiger partial charge in [-0.3, -0.25) is 5.73 Å². The molecule has 86 valence electrons. The molecule has 5 N–H and O–H groups in total. The maximum Gasteiger partial charge on any atom is 0.192 e. The topological polar surface area (TPSA) is 79.7 Å². The zero-order valence-electron chi connectivity index (χ0n) is 9.30. The van der Waals surface area contributed by atoms with Crippen molar-refractivity contribution in [1.29, 1.82) is 0 Å². The van der Waals surface area contributed by atoms with E-state index in [1.807, 2.05) is 35.2 Å². The summed E-state index contributed by atoms with van der Waals surface area (Å²) in [5.41, 5.74) is 12.8. The van der Waals surface area contributed by atoms with Gasteiger partial charge in [0.15, 0.2) is 5.96 Å². The van der Waals surface area contributed by atoms with Gasteiger partial charge in [0.25, 0.3) is 0 Å². The predicted molar refractivity (Wildman–Crippen MR) is 64.3 cm³/mol. The second-order valence-corrected chi connectivity index (χ2v) is 3.72. The first-order valence-electron chi connectivity index (χ1n) is 5.38. The average molecular weight is 219 g/mol. The highest BCUT2D eigenvalue weighted by atomic mass is 15.5. The maximum absolute atomic E-state index is 5.96. The van der Waals surface area contributed by atoms with Gasteiger partial charge in [-0.1, -0.05) is 37.3 Å². The van der Waals surface area contributed by atoms with E-state index in [0.29, 0.717) is 5.96 Å². The first kappa shape index (κ1) is 10.9. The molecule has 2 rings (SSSR count). The Kier molecular flexibility index (Phi) is 3.07. The van der Waals surface area contributed by atoms with Crippen molar-refractivity contribution in [3.8, 4) is 0 Å². The van der Waals surface area contributed by atoms with Gasteiger partial charge in [0.2, 0.25) is 0 Å². The normalized spacial score (nSPS) is 26.0. The lowest BCUT2D eigenvalue weighted by atomic mass is 10.1. The Labute approximate surface area is 95.1 Å². The van der Waals surface area contributed by atoms with Crippen LogP contribution in [0.3, 0.4) is 0 Å². The molecule has 0 saturated heterocycles. The zero-order valence-corrected chi connectivity index (χ0v) is 9.30. The molecule has 0 aromatic heterocycles. The standard InChI is InChI=1S/C11H17N5/c1-2-16-9(8-6-4-3-5-7-8)14-10(12)15-11(16)13/h3-7,9,11H,2,13H2,1H3,(H3,12,14,15). The molecule has 1 aliphatic rings. The van der Waals surface area contributed by atoms with Crippen molar-refractivity contribution in [2.45, 2.75) is 19.4 Å². The number of nitrogens with zero attached hydrogens (tertiary/aromatic N) is 2. The molecule has 0 amide bonds. The Morgan fingerprint density at radius 3 is 2.69 bits per heavy atom. The molecule has 2 atom stereocenters. The largest absolute Gasteiger partial charge is 0.370 e. The SMILES string of the molecule is CCN1C(N)NC(N)=NC1c1ccccc1. The van der Waals surface area contributed by atoms with Crippen molar-refractivity contribution in [3.05, 3.63) is 35.9 Å². The van der Waals surface area contributed by atoms with Crippen LogP contribution in [0.1, 0.15) is 18.7 Å². The van der Waals surface area contributed by atoms with E-state index in [-0.39, 0.29) is 12.5 Å². The van der Waals surface area contributed by atoms with Crippen molar-refractivity contribution in [2.24, 2.45) is 16.5 Å². The van der Waals surface area contributed by atoms with Crippen molar-refractivity contribution in [3.63, 3.8) is 0 Å². The van der Waals surface area contributed by atoms with Gasteiger partial charge in [0.1, 0.15) is 12.5 Å². The second-order valence-electron chi connectivity index (χ2n) is 3.72. The van der Waals surface area contributed by atoms with Crippen LogP contribution in [-0.4, -0.2) is 23.7 Å². The number of hydrogen-bond acceptors (Lipinski definition) is 5. The molecule has 1 aromatic rings. The molecule has 0 bridgehead atoms. The molecule has 0 saturated carbocycles. The fourth-order valence-corrected chi connectivity index (χ4v) is 1.89. The molecule has 16 heavy (non-hydrogen) atoms. The van der Waals surface area contributed by atoms with Crippen LogP contribution in [0.25, 0.3) is 0 Å². The second kappa shape index (κ2) is 4.51. The fourth-order valence-electron chi connectivity index (χ4n) is 1.89. The van der Waals surface area contributed by atoms with Crippen LogP contribution < -0.4 is 16.8 Å². The van der Waals surface area contributed by atoms with Crippen molar-refractivity contribution >= 4 is 5.96 Å². The number of guanidine groups is 1. The lowest BCUT2D eigenvalue weighted by Gasteiger charge is -2.37. The van der Waals surface area contributed by atoms with E-state index in [0.717, 1.165) is 12.1 Å². The molecule has 5 heteroatoms. The molecule has 0 radical (unpaired) electrons. The number of nitrogens with two attached hydrogens (primary N) is 2. The van der Waals surface area contributed by atoms with Gasteiger partial charge >= 0.3 is 0 Å². The van der Waals surface area contributed by atoms with Crippen molar-refractivity contribution in [1.82, 2.24) is 10.2 Å². The van der Waals surface area contributed by atoms with Crippen molar-refractivity contribution < 1.29 is 0 Å². The van der Waals surface area contributed by atoms with Crippen LogP contribution in [0.2, 0.25) is 0 Å². The van der Waals surface area contributed by atoms with Crippen LogP contribution >= 0.6 is 0 Å². The summed E-state index contributed by atoms with van der Waals surface area (Å²) in [6.45, 7) is 2.86. The Morgan fingerprint density at radius 2 is 2.06 bits per heavy atom. The third kappa shape index (κ3) is 2.00. The quantitative estimate of drug-likeness (QED) is 0.662. The van der Waals surface area contributed by atoms with Crippen LogP contribution in [0.4, 0.5) is 0 Å². The Hall–Kier alpha value is -1.59. The van der Waals surface area contributed by atoms with E-state index in [9.17, 15) is 0 Å². The minimum absolute atomic E-state index is 0.0950. The molecular formula is C11H17N5. The molecule has 2 unspecified atom stereocenters. The molecule has 5 nitrogen and oxygen atoms in total. The van der Waals surface area contributed by atoms with Gasteiger partial charge in [-0.15, -0.1) is 0 Å². The van der Waals surface area contributed by atoms with Gasteiger partial charge in [-0.25, -0.2) is 9.89 Å². The van der Waals surface area contributed by atoms with Crippen LogP contribution in [0.15, 0.2) is 35.3 Å². The van der Waals surface area contributed by atoms with Crippen LogP contribution in [0.5, 0.6) is 0 Å². The number of aliphatic imine (C=N–C) groups is 1. The number of rotatable bonds is 2. The summed E-state index contributed by atoms with van der Waals surface area (Å²) < 4.78 is 0. The summed E-state index contributed by atoms with van der Waals surface area (Å²) in [5, 5.41) is 2.91. The molecule has 0 aliphatic carbocycles. The molecule has 1 aromatic carbocycles. The molecular weight excluding hydrogens is 202 g/mol. The smallest absolute Gasteiger partial charge is 0.192 e. The highest BCUT2D eigenvalue weighted by Gasteiger charge is 2.27. The van der Waals surface area contributed by atoms with E-state index in [2.05, 4.69) is 17.2 Å². The van der Waals surface area contributed by atoms with E-state index in [4.69, 9.17) is 11.5 Å². The van der Waals surface area contributed by atoms with Gasteiger partial charge < -0.3 is 11.1 Å². The first-order valence-corrected chi connectivity index (χ1v) is 5.38. The number of benzene rings is 1. The zero-order chi connectivity index (χ0) is 11.5. The summed E-state index contributed by atoms with van der Waals surface area (Å²) in [6.07, 6.45) is -0.379. The Balaban J connectivity index is 2.33. The molecule has 1 heterocycles. The van der Waals surface area contributed by atoms with Gasteiger partial charge in [-0.2, -0.15) is 0 Å². The summed E-state index contributed by atoms with van der Waals surface area (Å²) in [7, 11) is 0. The maximum atomic E-state index is 5.96. The summed E-state index contributed by atoms with van der Waals surface area (Å²) in [4.78, 5) is 6.43. The minimum Gasteiger partial charge on any atom is -0.370 e. The number of nitrogens with one attached hydrogen (secondary N) is 1. The summed E-state index contributed by atoms with van der Waals surface area (Å²) in [6, 6.07) is 10.0. The molecule has 0 fully saturated rings. The Morgan fingerprint density at radius 1 is 1.38 bits per heavy atom. The van der Waals surface area contributed by atoms with Crippen molar-refractivity contribution in [2.75, 3.05) is 6.54 Å². The highest BCUT2D eigenvalue weighted by molar-refractivity contribution is 5.78. The van der Waals surface area contributed by atoms with E-state index in [1.165, 1.54) is 0 Å². The highest BCUT2D eigenvalue weighted by Crippen LogP contribution is 2.24. The number of hydrogen-bond donors (Lipinski definition) is 3. The van der Waals surface area contributed by atoms with E-state index >= 15 is 0 Å². The summed E-state index contributed by atoms with van der Waals surface area (Å²) >= 11 is 0. The first-order chi connectivity index (χ1) is 7.72. The van der Waals surface area contributed by atoms with Gasteiger partial charge in [0.05, 0.1) is 0 Å². The van der Waals surface area contributed by atoms with Gasteiger partial charge in [-0.05, 0) is 5.56 Å². The Bertz CT molecular complexity index is 375. The molecule has 1 aliphatic heterocycles. The third-order valence-electron chi connectivity index (χ3n) is 2.69.